The average Bonchev–Trinajstić information content (AvgIpc) is 2.30. The van der Waals surface area contributed by atoms with Crippen molar-refractivity contribution in [2.45, 2.75) is 25.6 Å². The summed E-state index contributed by atoms with van der Waals surface area (Å²) in [6.45, 7) is 8.74. The average molecular weight is 240 g/mol. The molecule has 1 atom stereocenters. The van der Waals surface area contributed by atoms with E-state index in [1.807, 2.05) is 13.8 Å². The SMILES string of the molecule is C#CC(C)(C)OC[C@@H](O)CN1CCN(C)CC1. The number of hydrogen-bond acceptors (Lipinski definition) is 4. The molecule has 0 aromatic rings. The van der Waals surface area contributed by atoms with Gasteiger partial charge in [-0.2, -0.15) is 0 Å². The number of hydrogen-bond donors (Lipinski definition) is 1. The van der Waals surface area contributed by atoms with Gasteiger partial charge in [-0.15, -0.1) is 6.42 Å². The van der Waals surface area contributed by atoms with Crippen molar-refractivity contribution >= 4 is 0 Å². The summed E-state index contributed by atoms with van der Waals surface area (Å²) in [5.74, 6) is 2.55. The van der Waals surface area contributed by atoms with Crippen LogP contribution in [-0.2, 0) is 4.74 Å². The van der Waals surface area contributed by atoms with Crippen LogP contribution < -0.4 is 0 Å². The van der Waals surface area contributed by atoms with Crippen molar-refractivity contribution in [1.82, 2.24) is 9.80 Å². The lowest BCUT2D eigenvalue weighted by Gasteiger charge is -2.33. The molecule has 0 spiro atoms. The molecule has 1 rings (SSSR count). The third-order valence-electron chi connectivity index (χ3n) is 3.05. The number of aliphatic hydroxyl groups is 1. The zero-order valence-corrected chi connectivity index (χ0v) is 11.1. The summed E-state index contributed by atoms with van der Waals surface area (Å²) >= 11 is 0. The first-order valence-electron chi connectivity index (χ1n) is 6.13. The van der Waals surface area contributed by atoms with Crippen LogP contribution in [0, 0.1) is 12.3 Å². The molecule has 0 amide bonds. The van der Waals surface area contributed by atoms with Crippen molar-refractivity contribution in [2.24, 2.45) is 0 Å². The van der Waals surface area contributed by atoms with Gasteiger partial charge in [0, 0.05) is 32.7 Å². The summed E-state index contributed by atoms with van der Waals surface area (Å²) in [4.78, 5) is 4.55. The number of piperazine rings is 1. The highest BCUT2D eigenvalue weighted by atomic mass is 16.5. The second-order valence-electron chi connectivity index (χ2n) is 5.22. The van der Waals surface area contributed by atoms with Gasteiger partial charge in [-0.3, -0.25) is 4.90 Å². The minimum atomic E-state index is -0.594. The summed E-state index contributed by atoms with van der Waals surface area (Å²) in [5.41, 5.74) is -0.594. The summed E-state index contributed by atoms with van der Waals surface area (Å²) in [6, 6.07) is 0. The van der Waals surface area contributed by atoms with E-state index in [-0.39, 0.29) is 0 Å². The van der Waals surface area contributed by atoms with Gasteiger partial charge in [-0.05, 0) is 20.9 Å². The third kappa shape index (κ3) is 5.51. The van der Waals surface area contributed by atoms with Gasteiger partial charge in [0.2, 0.25) is 0 Å². The molecule has 98 valence electrons. The van der Waals surface area contributed by atoms with E-state index in [1.54, 1.807) is 0 Å². The number of rotatable bonds is 5. The maximum atomic E-state index is 9.88. The molecule has 0 radical (unpaired) electrons. The van der Waals surface area contributed by atoms with Crippen LogP contribution >= 0.6 is 0 Å². The van der Waals surface area contributed by atoms with E-state index in [1.165, 1.54) is 0 Å². The highest BCUT2D eigenvalue weighted by molar-refractivity contribution is 5.02. The molecule has 1 saturated heterocycles. The summed E-state index contributed by atoms with van der Waals surface area (Å²) in [7, 11) is 2.12. The Balaban J connectivity index is 2.21. The first kappa shape index (κ1) is 14.5. The number of β-amino-alcohol motifs (C(OH)–C–C–N with tert-alkyl or cyclic N) is 1. The lowest BCUT2D eigenvalue weighted by Crippen LogP contribution is -2.48. The van der Waals surface area contributed by atoms with E-state index in [4.69, 9.17) is 11.2 Å². The smallest absolute Gasteiger partial charge is 0.122 e. The van der Waals surface area contributed by atoms with Gasteiger partial charge in [0.1, 0.15) is 5.60 Å². The van der Waals surface area contributed by atoms with Gasteiger partial charge >= 0.3 is 0 Å². The zero-order valence-electron chi connectivity index (χ0n) is 11.1. The van der Waals surface area contributed by atoms with E-state index in [9.17, 15) is 5.11 Å². The summed E-state index contributed by atoms with van der Waals surface area (Å²) in [5, 5.41) is 9.88. The van der Waals surface area contributed by atoms with Crippen molar-refractivity contribution in [3.8, 4) is 12.3 Å². The lowest BCUT2D eigenvalue weighted by molar-refractivity contribution is -0.0402. The minimum absolute atomic E-state index is 0.295. The Morgan fingerprint density at radius 3 is 2.47 bits per heavy atom. The summed E-state index contributed by atoms with van der Waals surface area (Å²) in [6.07, 6.45) is 4.85. The van der Waals surface area contributed by atoms with Crippen LogP contribution in [0.2, 0.25) is 0 Å². The first-order chi connectivity index (χ1) is 7.93. The molecular weight excluding hydrogens is 216 g/mol. The molecule has 0 saturated carbocycles. The van der Waals surface area contributed by atoms with Crippen molar-refractivity contribution in [1.29, 1.82) is 0 Å². The molecule has 1 N–H and O–H groups in total. The molecule has 4 heteroatoms. The van der Waals surface area contributed by atoms with Gasteiger partial charge in [0.05, 0.1) is 12.7 Å². The van der Waals surface area contributed by atoms with E-state index < -0.39 is 11.7 Å². The molecule has 0 aromatic carbocycles. The fourth-order valence-electron chi connectivity index (χ4n) is 1.73. The van der Waals surface area contributed by atoms with Gasteiger partial charge in [0.25, 0.3) is 0 Å². The normalized spacial score (nSPS) is 21.1. The first-order valence-corrected chi connectivity index (χ1v) is 6.13. The zero-order chi connectivity index (χ0) is 12.9. The summed E-state index contributed by atoms with van der Waals surface area (Å²) < 4.78 is 5.48. The van der Waals surface area contributed by atoms with Gasteiger partial charge in [-0.25, -0.2) is 0 Å². The van der Waals surface area contributed by atoms with Crippen LogP contribution in [0.4, 0.5) is 0 Å². The molecule has 1 aliphatic rings. The topological polar surface area (TPSA) is 35.9 Å². The molecule has 0 bridgehead atoms. The third-order valence-corrected chi connectivity index (χ3v) is 3.05. The molecule has 1 fully saturated rings. The number of terminal acetylenes is 1. The van der Waals surface area contributed by atoms with E-state index in [2.05, 4.69) is 22.8 Å². The fourth-order valence-corrected chi connectivity index (χ4v) is 1.73. The highest BCUT2D eigenvalue weighted by Gasteiger charge is 2.20. The molecule has 4 nitrogen and oxygen atoms in total. The second-order valence-corrected chi connectivity index (χ2v) is 5.22. The molecule has 0 unspecified atom stereocenters. The maximum absolute atomic E-state index is 9.88. The predicted molar refractivity (Wildman–Crippen MR) is 68.8 cm³/mol. The molecule has 1 aliphatic heterocycles. The molecule has 0 aliphatic carbocycles. The Hall–Kier alpha value is -0.600. The van der Waals surface area contributed by atoms with Crippen molar-refractivity contribution in [2.75, 3.05) is 46.4 Å². The Morgan fingerprint density at radius 2 is 1.94 bits per heavy atom. The standard InChI is InChI=1S/C13H24N2O2/c1-5-13(2,3)17-11-12(16)10-15-8-6-14(4)7-9-15/h1,12,16H,6-11H2,2-4H3/t12-/m0/s1. The van der Waals surface area contributed by atoms with Gasteiger partial charge in [-0.1, -0.05) is 5.92 Å². The van der Waals surface area contributed by atoms with Crippen LogP contribution in [0.3, 0.4) is 0 Å². The van der Waals surface area contributed by atoms with Crippen molar-refractivity contribution in [3.05, 3.63) is 0 Å². The molecule has 0 aromatic heterocycles. The van der Waals surface area contributed by atoms with Gasteiger partial charge < -0.3 is 14.7 Å². The van der Waals surface area contributed by atoms with Crippen molar-refractivity contribution in [3.63, 3.8) is 0 Å². The second kappa shape index (κ2) is 6.36. The largest absolute Gasteiger partial charge is 0.389 e. The monoisotopic (exact) mass is 240 g/mol. The quantitative estimate of drug-likeness (QED) is 0.688. The number of ether oxygens (including phenoxy) is 1. The molecule has 1 heterocycles. The number of aliphatic hydroxyl groups excluding tert-OH is 1. The molecular formula is C13H24N2O2. The Labute approximate surface area is 105 Å². The van der Waals surface area contributed by atoms with E-state index in [0.29, 0.717) is 13.2 Å². The maximum Gasteiger partial charge on any atom is 0.122 e. The fraction of sp³-hybridized carbons (Fsp3) is 0.846. The van der Waals surface area contributed by atoms with Crippen LogP contribution in [0.1, 0.15) is 13.8 Å². The van der Waals surface area contributed by atoms with E-state index >= 15 is 0 Å². The Kier molecular flexibility index (Phi) is 5.41. The highest BCUT2D eigenvalue weighted by Crippen LogP contribution is 2.08. The van der Waals surface area contributed by atoms with Crippen LogP contribution in [0.5, 0.6) is 0 Å². The van der Waals surface area contributed by atoms with Crippen molar-refractivity contribution < 1.29 is 9.84 Å². The Bertz CT molecular complexity index is 265. The number of likely N-dealkylation sites (N-methyl/N-ethyl adjacent to an activating group) is 1. The van der Waals surface area contributed by atoms with E-state index in [0.717, 1.165) is 26.2 Å². The van der Waals surface area contributed by atoms with Gasteiger partial charge in [0.15, 0.2) is 0 Å². The number of nitrogens with zero attached hydrogens (tertiary/aromatic N) is 2. The molecule has 17 heavy (non-hydrogen) atoms. The van der Waals surface area contributed by atoms with Crippen LogP contribution in [-0.4, -0.2) is 73.0 Å². The van der Waals surface area contributed by atoms with Crippen LogP contribution in [0.25, 0.3) is 0 Å². The predicted octanol–water partition coefficient (Wildman–Crippen LogP) is 0.0231. The Morgan fingerprint density at radius 1 is 1.35 bits per heavy atom. The lowest BCUT2D eigenvalue weighted by atomic mass is 10.1. The van der Waals surface area contributed by atoms with Crippen LogP contribution in [0.15, 0.2) is 0 Å². The minimum Gasteiger partial charge on any atom is -0.389 e.